The lowest BCUT2D eigenvalue weighted by Crippen LogP contribution is -2.28. The molecule has 1 N–H and O–H groups in total. The van der Waals surface area contributed by atoms with Crippen LogP contribution in [0.4, 0.5) is 0 Å². The molecule has 2 heterocycles. The number of aliphatic hydroxyl groups is 1. The van der Waals surface area contributed by atoms with E-state index < -0.39 is 0 Å². The largest absolute Gasteiger partial charge is 0.392 e. The number of rotatable bonds is 0. The molecule has 0 aromatic rings. The number of hydrogen-bond acceptors (Lipinski definition) is 2. The molecule has 0 amide bonds. The zero-order valence-corrected chi connectivity index (χ0v) is 7.00. The minimum Gasteiger partial charge on any atom is -0.392 e. The maximum absolute atomic E-state index is 9.41. The van der Waals surface area contributed by atoms with Gasteiger partial charge in [0.05, 0.1) is 6.10 Å². The third-order valence-corrected chi connectivity index (χ3v) is 2.99. The Labute approximate surface area is 68.2 Å². The second-order valence-electron chi connectivity index (χ2n) is 3.89. The van der Waals surface area contributed by atoms with Gasteiger partial charge in [0.15, 0.2) is 0 Å². The third kappa shape index (κ3) is 1.57. The molecule has 2 atom stereocenters. The molecule has 0 bridgehead atoms. The standard InChI is InChI=1S/C9H17NO/c11-9-6-8-4-2-1-3-5-10(8)7-9/h8-9,11H,1-7H2. The van der Waals surface area contributed by atoms with E-state index in [1.165, 1.54) is 32.2 Å². The molecule has 2 saturated heterocycles. The average molecular weight is 155 g/mol. The van der Waals surface area contributed by atoms with Gasteiger partial charge in [-0.15, -0.1) is 0 Å². The average Bonchev–Trinajstić information content (AvgIpc) is 2.17. The van der Waals surface area contributed by atoms with Crippen LogP contribution >= 0.6 is 0 Å². The number of nitrogens with zero attached hydrogens (tertiary/aromatic N) is 1. The number of hydrogen-bond donors (Lipinski definition) is 1. The Balaban J connectivity index is 1.96. The Morgan fingerprint density at radius 2 is 2.09 bits per heavy atom. The van der Waals surface area contributed by atoms with Crippen molar-refractivity contribution in [2.45, 2.75) is 44.2 Å². The van der Waals surface area contributed by atoms with Gasteiger partial charge in [0.1, 0.15) is 0 Å². The van der Waals surface area contributed by atoms with Crippen molar-refractivity contribution in [3.8, 4) is 0 Å². The molecule has 2 rings (SSSR count). The first kappa shape index (κ1) is 7.56. The van der Waals surface area contributed by atoms with E-state index in [0.29, 0.717) is 6.04 Å². The third-order valence-electron chi connectivity index (χ3n) is 2.99. The predicted molar refractivity (Wildman–Crippen MR) is 44.5 cm³/mol. The van der Waals surface area contributed by atoms with Gasteiger partial charge in [-0.05, 0) is 25.8 Å². The van der Waals surface area contributed by atoms with E-state index in [1.807, 2.05) is 0 Å². The smallest absolute Gasteiger partial charge is 0.0682 e. The zero-order valence-electron chi connectivity index (χ0n) is 7.00. The molecule has 2 aliphatic heterocycles. The molecule has 11 heavy (non-hydrogen) atoms. The van der Waals surface area contributed by atoms with E-state index in [4.69, 9.17) is 0 Å². The summed E-state index contributed by atoms with van der Waals surface area (Å²) in [7, 11) is 0. The lowest BCUT2D eigenvalue weighted by atomic mass is 10.1. The fraction of sp³-hybridized carbons (Fsp3) is 1.00. The summed E-state index contributed by atoms with van der Waals surface area (Å²) >= 11 is 0. The minimum atomic E-state index is -0.0295. The first-order chi connectivity index (χ1) is 5.36. The van der Waals surface area contributed by atoms with Crippen LogP contribution in [0.15, 0.2) is 0 Å². The topological polar surface area (TPSA) is 23.5 Å². The first-order valence-electron chi connectivity index (χ1n) is 4.78. The van der Waals surface area contributed by atoms with Gasteiger partial charge in [0.2, 0.25) is 0 Å². The van der Waals surface area contributed by atoms with Crippen molar-refractivity contribution in [2.75, 3.05) is 13.1 Å². The van der Waals surface area contributed by atoms with Gasteiger partial charge in [-0.3, -0.25) is 4.90 Å². The van der Waals surface area contributed by atoms with Crippen LogP contribution in [0.2, 0.25) is 0 Å². The van der Waals surface area contributed by atoms with Crippen molar-refractivity contribution in [2.24, 2.45) is 0 Å². The summed E-state index contributed by atoms with van der Waals surface area (Å²) in [5, 5.41) is 9.41. The molecule has 0 saturated carbocycles. The Hall–Kier alpha value is -0.0800. The van der Waals surface area contributed by atoms with Crippen LogP contribution in [0.3, 0.4) is 0 Å². The van der Waals surface area contributed by atoms with Crippen LogP contribution in [0.5, 0.6) is 0 Å². The van der Waals surface area contributed by atoms with E-state index >= 15 is 0 Å². The molecule has 0 spiro atoms. The van der Waals surface area contributed by atoms with Crippen LogP contribution in [0.25, 0.3) is 0 Å². The zero-order chi connectivity index (χ0) is 7.68. The van der Waals surface area contributed by atoms with Crippen LogP contribution < -0.4 is 0 Å². The van der Waals surface area contributed by atoms with Gasteiger partial charge >= 0.3 is 0 Å². The summed E-state index contributed by atoms with van der Waals surface area (Å²) in [5.74, 6) is 0. The summed E-state index contributed by atoms with van der Waals surface area (Å²) in [6, 6.07) is 0.715. The Kier molecular flexibility index (Phi) is 2.14. The van der Waals surface area contributed by atoms with Gasteiger partial charge in [0, 0.05) is 12.6 Å². The normalized spacial score (nSPS) is 40.1. The van der Waals surface area contributed by atoms with Crippen molar-refractivity contribution in [3.05, 3.63) is 0 Å². The molecule has 0 radical (unpaired) electrons. The molecule has 2 aliphatic rings. The van der Waals surface area contributed by atoms with Gasteiger partial charge in [-0.2, -0.15) is 0 Å². The Morgan fingerprint density at radius 1 is 1.18 bits per heavy atom. The van der Waals surface area contributed by atoms with Gasteiger partial charge in [-0.1, -0.05) is 12.8 Å². The molecule has 0 aromatic carbocycles. The van der Waals surface area contributed by atoms with E-state index in [1.54, 1.807) is 0 Å². The van der Waals surface area contributed by atoms with E-state index in [0.717, 1.165) is 13.0 Å². The van der Waals surface area contributed by atoms with Gasteiger partial charge < -0.3 is 5.11 Å². The van der Waals surface area contributed by atoms with Crippen molar-refractivity contribution in [3.63, 3.8) is 0 Å². The molecular formula is C9H17NO. The Morgan fingerprint density at radius 3 is 3.00 bits per heavy atom. The quantitative estimate of drug-likeness (QED) is 0.564. The first-order valence-corrected chi connectivity index (χ1v) is 4.78. The monoisotopic (exact) mass is 155 g/mol. The molecule has 64 valence electrons. The van der Waals surface area contributed by atoms with E-state index in [9.17, 15) is 5.11 Å². The SMILES string of the molecule is OC1CC2CCCCCN2C1. The van der Waals surface area contributed by atoms with E-state index in [2.05, 4.69) is 4.90 Å². The maximum Gasteiger partial charge on any atom is 0.0682 e. The number of aliphatic hydroxyl groups excluding tert-OH is 1. The molecule has 0 aliphatic carbocycles. The highest BCUT2D eigenvalue weighted by molar-refractivity contribution is 4.86. The maximum atomic E-state index is 9.41. The van der Waals surface area contributed by atoms with Crippen molar-refractivity contribution in [1.82, 2.24) is 4.90 Å². The molecular weight excluding hydrogens is 138 g/mol. The second-order valence-corrected chi connectivity index (χ2v) is 3.89. The van der Waals surface area contributed by atoms with Gasteiger partial charge in [-0.25, -0.2) is 0 Å². The molecule has 0 aromatic heterocycles. The fourth-order valence-corrected chi connectivity index (χ4v) is 2.40. The van der Waals surface area contributed by atoms with Crippen molar-refractivity contribution in [1.29, 1.82) is 0 Å². The molecule has 2 heteroatoms. The molecule has 2 nitrogen and oxygen atoms in total. The summed E-state index contributed by atoms with van der Waals surface area (Å²) in [6.45, 7) is 2.16. The van der Waals surface area contributed by atoms with Crippen LogP contribution in [0.1, 0.15) is 32.1 Å². The highest BCUT2D eigenvalue weighted by atomic mass is 16.3. The molecule has 2 fully saturated rings. The minimum absolute atomic E-state index is 0.0295. The second kappa shape index (κ2) is 3.11. The lowest BCUT2D eigenvalue weighted by molar-refractivity contribution is 0.175. The predicted octanol–water partition coefficient (Wildman–Crippen LogP) is 0.996. The van der Waals surface area contributed by atoms with Crippen molar-refractivity contribution < 1.29 is 5.11 Å². The summed E-state index contributed by atoms with van der Waals surface area (Å²) < 4.78 is 0. The number of fused-ring (bicyclic) bond motifs is 1. The highest BCUT2D eigenvalue weighted by Crippen LogP contribution is 2.25. The summed E-state index contributed by atoms with van der Waals surface area (Å²) in [6.07, 6.45) is 6.41. The summed E-state index contributed by atoms with van der Waals surface area (Å²) in [4.78, 5) is 2.47. The summed E-state index contributed by atoms with van der Waals surface area (Å²) in [5.41, 5.74) is 0. The van der Waals surface area contributed by atoms with Gasteiger partial charge in [0.25, 0.3) is 0 Å². The molecule has 2 unspecified atom stereocenters. The van der Waals surface area contributed by atoms with Crippen LogP contribution in [-0.4, -0.2) is 35.2 Å². The van der Waals surface area contributed by atoms with E-state index in [-0.39, 0.29) is 6.10 Å². The Bertz CT molecular complexity index is 124. The van der Waals surface area contributed by atoms with Crippen LogP contribution in [0, 0.1) is 0 Å². The lowest BCUT2D eigenvalue weighted by Gasteiger charge is -2.19. The van der Waals surface area contributed by atoms with Crippen molar-refractivity contribution >= 4 is 0 Å². The fourth-order valence-electron chi connectivity index (χ4n) is 2.40. The van der Waals surface area contributed by atoms with Crippen LogP contribution in [-0.2, 0) is 0 Å². The highest BCUT2D eigenvalue weighted by Gasteiger charge is 2.30.